The van der Waals surface area contributed by atoms with Crippen molar-refractivity contribution in [2.75, 3.05) is 0 Å². The molecule has 1 unspecified atom stereocenters. The third-order valence-electron chi connectivity index (χ3n) is 5.03. The predicted octanol–water partition coefficient (Wildman–Crippen LogP) is 5.92. The van der Waals surface area contributed by atoms with Crippen molar-refractivity contribution < 1.29 is 4.74 Å². The normalized spacial score (nSPS) is 15.5. The fourth-order valence-corrected chi connectivity index (χ4v) is 3.14. The molecule has 0 aromatic carbocycles. The molecule has 0 spiro atoms. The van der Waals surface area contributed by atoms with Crippen molar-refractivity contribution in [1.82, 2.24) is 0 Å². The van der Waals surface area contributed by atoms with Gasteiger partial charge in [-0.2, -0.15) is 0 Å². The first kappa shape index (κ1) is 21.3. The fraction of sp³-hybridized carbons (Fsp3) is 0.800. The molecule has 0 fully saturated rings. The fourth-order valence-electron chi connectivity index (χ4n) is 3.14. The minimum Gasteiger partial charge on any atom is -0.467 e. The summed E-state index contributed by atoms with van der Waals surface area (Å²) in [6.07, 6.45) is 3.37. The van der Waals surface area contributed by atoms with Gasteiger partial charge in [0.05, 0.1) is 11.5 Å². The van der Waals surface area contributed by atoms with Crippen LogP contribution in [0, 0.1) is 22.7 Å². The zero-order valence-electron chi connectivity index (χ0n) is 16.9. The Balaban J connectivity index is 4.81. The van der Waals surface area contributed by atoms with E-state index >= 15 is 0 Å². The summed E-state index contributed by atoms with van der Waals surface area (Å²) in [5.74, 6) is 2.93. The maximum Gasteiger partial charge on any atom is 0.138 e. The van der Waals surface area contributed by atoms with Crippen LogP contribution in [0.1, 0.15) is 81.6 Å². The van der Waals surface area contributed by atoms with E-state index in [0.29, 0.717) is 17.3 Å². The molecular formula is C20H39BO. The molecule has 0 N–H and O–H groups in total. The molecule has 22 heavy (non-hydrogen) atoms. The summed E-state index contributed by atoms with van der Waals surface area (Å²) in [5.41, 5.74) is 1.92. The van der Waals surface area contributed by atoms with Gasteiger partial charge < -0.3 is 4.74 Å². The molecule has 0 bridgehead atoms. The molecular weight excluding hydrogens is 267 g/mol. The van der Waals surface area contributed by atoms with E-state index in [9.17, 15) is 0 Å². The first-order valence-electron chi connectivity index (χ1n) is 8.85. The second-order valence-electron chi connectivity index (χ2n) is 8.95. The van der Waals surface area contributed by atoms with E-state index in [0.717, 1.165) is 17.9 Å². The van der Waals surface area contributed by atoms with Crippen LogP contribution in [0.25, 0.3) is 0 Å². The zero-order valence-corrected chi connectivity index (χ0v) is 16.9. The first-order valence-corrected chi connectivity index (χ1v) is 8.85. The van der Waals surface area contributed by atoms with Crippen molar-refractivity contribution in [3.05, 3.63) is 23.6 Å². The van der Waals surface area contributed by atoms with Crippen LogP contribution in [0.3, 0.4) is 0 Å². The molecule has 0 saturated heterocycles. The Hall–Kier alpha value is -0.655. The maximum absolute atomic E-state index is 6.08. The van der Waals surface area contributed by atoms with Crippen LogP contribution >= 0.6 is 0 Å². The van der Waals surface area contributed by atoms with Crippen LogP contribution in [-0.2, 0) is 4.74 Å². The third kappa shape index (κ3) is 7.07. The first-order chi connectivity index (χ1) is 9.82. The van der Waals surface area contributed by atoms with Gasteiger partial charge in [0.2, 0.25) is 0 Å². The van der Waals surface area contributed by atoms with Crippen LogP contribution in [-0.4, -0.2) is 7.85 Å². The average Bonchev–Trinajstić information content (AvgIpc) is 2.33. The molecule has 2 heteroatoms. The molecule has 0 saturated carbocycles. The molecule has 0 amide bonds. The van der Waals surface area contributed by atoms with Gasteiger partial charge in [-0.05, 0) is 30.1 Å². The Bertz CT molecular complexity index is 398. The molecule has 1 nitrogen and oxygen atoms in total. The summed E-state index contributed by atoms with van der Waals surface area (Å²) < 4.78 is 6.08. The Morgan fingerprint density at radius 3 is 2.00 bits per heavy atom. The highest BCUT2D eigenvalue weighted by Gasteiger charge is 2.32. The summed E-state index contributed by atoms with van der Waals surface area (Å²) in [4.78, 5) is 0. The second-order valence-corrected chi connectivity index (χ2v) is 8.95. The third-order valence-corrected chi connectivity index (χ3v) is 5.03. The lowest BCUT2D eigenvalue weighted by molar-refractivity contribution is 0.113. The number of ether oxygens (including phenoxy) is 1. The zero-order chi connectivity index (χ0) is 17.7. The van der Waals surface area contributed by atoms with Gasteiger partial charge in [0.1, 0.15) is 7.85 Å². The van der Waals surface area contributed by atoms with Gasteiger partial charge in [-0.15, -0.1) is 0 Å². The largest absolute Gasteiger partial charge is 0.467 e. The minimum atomic E-state index is 0.286. The molecule has 0 aliphatic carbocycles. The number of allylic oxidation sites excluding steroid dienone is 3. The van der Waals surface area contributed by atoms with Crippen LogP contribution in [0.5, 0.6) is 0 Å². The molecule has 0 aromatic rings. The van der Waals surface area contributed by atoms with Gasteiger partial charge in [0.25, 0.3) is 0 Å². The molecule has 0 rings (SSSR count). The van der Waals surface area contributed by atoms with Crippen molar-refractivity contribution in [1.29, 1.82) is 0 Å². The Labute approximate surface area is 141 Å². The van der Waals surface area contributed by atoms with Crippen LogP contribution in [0.4, 0.5) is 0 Å². The molecule has 128 valence electrons. The van der Waals surface area contributed by atoms with Gasteiger partial charge in [0, 0.05) is 12.3 Å². The highest BCUT2D eigenvalue weighted by Crippen LogP contribution is 2.43. The van der Waals surface area contributed by atoms with Crippen LogP contribution < -0.4 is 0 Å². The number of hydrogen-bond donors (Lipinski definition) is 0. The molecule has 1 atom stereocenters. The summed E-state index contributed by atoms with van der Waals surface area (Å²) in [5, 5.41) is 0. The topological polar surface area (TPSA) is 9.23 Å². The van der Waals surface area contributed by atoms with Gasteiger partial charge >= 0.3 is 0 Å². The average molecular weight is 306 g/mol. The van der Waals surface area contributed by atoms with Gasteiger partial charge in [-0.1, -0.05) is 73.9 Å². The van der Waals surface area contributed by atoms with Crippen molar-refractivity contribution in [2.24, 2.45) is 22.7 Å². The summed E-state index contributed by atoms with van der Waals surface area (Å²) in [7, 11) is 2.11. The smallest absolute Gasteiger partial charge is 0.138 e. The van der Waals surface area contributed by atoms with E-state index in [1.54, 1.807) is 0 Å². The maximum atomic E-state index is 6.08. The summed E-state index contributed by atoms with van der Waals surface area (Å²) in [6, 6.07) is 0. The molecule has 0 radical (unpaired) electrons. The summed E-state index contributed by atoms with van der Waals surface area (Å²) >= 11 is 0. The molecule has 0 aliphatic heterocycles. The van der Waals surface area contributed by atoms with Gasteiger partial charge in [-0.25, -0.2) is 0 Å². The van der Waals surface area contributed by atoms with E-state index in [-0.39, 0.29) is 5.41 Å². The van der Waals surface area contributed by atoms with Crippen LogP contribution in [0.2, 0.25) is 0 Å². The van der Waals surface area contributed by atoms with Gasteiger partial charge in [-0.3, -0.25) is 0 Å². The van der Waals surface area contributed by atoms with Crippen molar-refractivity contribution in [2.45, 2.75) is 81.6 Å². The van der Waals surface area contributed by atoms with Crippen molar-refractivity contribution in [3.63, 3.8) is 0 Å². The van der Waals surface area contributed by atoms with Gasteiger partial charge in [0.15, 0.2) is 0 Å². The molecule has 0 heterocycles. The summed E-state index contributed by atoms with van der Waals surface area (Å²) in [6.45, 7) is 24.7. The van der Waals surface area contributed by atoms with E-state index in [4.69, 9.17) is 4.74 Å². The van der Waals surface area contributed by atoms with E-state index in [1.165, 1.54) is 18.3 Å². The molecule has 0 aromatic heterocycles. The highest BCUT2D eigenvalue weighted by atomic mass is 16.5. The lowest BCUT2D eigenvalue weighted by Crippen LogP contribution is -2.29. The number of rotatable bonds is 9. The van der Waals surface area contributed by atoms with Crippen LogP contribution in [0.15, 0.2) is 23.6 Å². The van der Waals surface area contributed by atoms with E-state index in [1.807, 2.05) is 0 Å². The SMILES string of the molecule is B/C(C)=C(/OC(=C)CC(C)C(C)(C)CC(C)(C)CC)C(C)C. The standard InChI is InChI=1S/C20H39BO/c1-11-19(7,8)13-20(9,10)15(4)12-16(5)22-18(14(2)3)17(6)21/h14-15H,5,11-13,21H2,1-4,6-10H3/b18-17+. The number of hydrogen-bond acceptors (Lipinski definition) is 1. The second kappa shape index (κ2) is 8.27. The highest BCUT2D eigenvalue weighted by molar-refractivity contribution is 6.21. The Morgan fingerprint density at radius 1 is 1.14 bits per heavy atom. The van der Waals surface area contributed by atoms with E-state index in [2.05, 4.69) is 76.7 Å². The lowest BCUT2D eigenvalue weighted by Gasteiger charge is -2.39. The Morgan fingerprint density at radius 2 is 1.64 bits per heavy atom. The lowest BCUT2D eigenvalue weighted by atomic mass is 9.67. The predicted molar refractivity (Wildman–Crippen MR) is 103 cm³/mol. The molecule has 0 aliphatic rings. The quantitative estimate of drug-likeness (QED) is 0.380. The van der Waals surface area contributed by atoms with Crippen molar-refractivity contribution in [3.8, 4) is 0 Å². The minimum absolute atomic E-state index is 0.286. The van der Waals surface area contributed by atoms with E-state index < -0.39 is 0 Å². The Kier molecular flexibility index (Phi) is 8.02. The monoisotopic (exact) mass is 306 g/mol. The van der Waals surface area contributed by atoms with Crippen molar-refractivity contribution >= 4 is 7.85 Å².